The van der Waals surface area contributed by atoms with Crippen LogP contribution in [0.15, 0.2) is 71.7 Å². The van der Waals surface area contributed by atoms with E-state index in [4.69, 9.17) is 9.47 Å². The number of allylic oxidation sites excluding steroid dienone is 2. The van der Waals surface area contributed by atoms with Crippen LogP contribution in [0.3, 0.4) is 0 Å². The summed E-state index contributed by atoms with van der Waals surface area (Å²) in [6, 6.07) is 17.3. The molecule has 13 nitrogen and oxygen atoms in total. The number of fused-ring (bicyclic) bond motifs is 1. The molecule has 4 aromatic rings. The molecule has 0 saturated carbocycles. The third-order valence-electron chi connectivity index (χ3n) is 15.0. The maximum atomic E-state index is 14.4. The van der Waals surface area contributed by atoms with Gasteiger partial charge in [-0.3, -0.25) is 38.6 Å². The summed E-state index contributed by atoms with van der Waals surface area (Å²) in [5.41, 5.74) is 2.81. The summed E-state index contributed by atoms with van der Waals surface area (Å²) in [6.07, 6.45) is 4.96. The third kappa shape index (κ3) is 10.6. The van der Waals surface area contributed by atoms with E-state index >= 15 is 0 Å². The zero-order chi connectivity index (χ0) is 48.6. The van der Waals surface area contributed by atoms with E-state index in [1.807, 2.05) is 17.0 Å². The summed E-state index contributed by atoms with van der Waals surface area (Å²) in [6.45, 7) is 11.7. The number of benzene rings is 2. The van der Waals surface area contributed by atoms with Gasteiger partial charge in [0.2, 0.25) is 11.8 Å². The van der Waals surface area contributed by atoms with Crippen molar-refractivity contribution in [2.45, 2.75) is 109 Å². The predicted molar refractivity (Wildman–Crippen MR) is 254 cm³/mol. The van der Waals surface area contributed by atoms with Crippen molar-refractivity contribution in [1.82, 2.24) is 34.1 Å². The molecule has 1 N–H and O–H groups in total. The van der Waals surface area contributed by atoms with Gasteiger partial charge in [-0.1, -0.05) is 42.5 Å². The quantitative estimate of drug-likeness (QED) is 0.127. The second-order valence-corrected chi connectivity index (χ2v) is 20.8. The number of carbonyl (C=O) groups is 3. The van der Waals surface area contributed by atoms with Gasteiger partial charge in [0.25, 0.3) is 5.91 Å². The van der Waals surface area contributed by atoms with Crippen LogP contribution in [0.1, 0.15) is 112 Å². The molecule has 0 bridgehead atoms. The summed E-state index contributed by atoms with van der Waals surface area (Å²) in [5, 5.41) is 2.31. The van der Waals surface area contributed by atoms with E-state index in [0.29, 0.717) is 56.2 Å². The first-order valence-corrected chi connectivity index (χ1v) is 24.0. The number of pyridine rings is 1. The number of rotatable bonds is 14. The first-order chi connectivity index (χ1) is 32.2. The number of imide groups is 1. The Bertz CT molecular complexity index is 2580. The van der Waals surface area contributed by atoms with Gasteiger partial charge in [0.05, 0.1) is 35.4 Å². The van der Waals surface area contributed by atoms with Crippen molar-refractivity contribution in [2.75, 3.05) is 59.5 Å². The molecule has 3 aliphatic heterocycles. The highest BCUT2D eigenvalue weighted by Gasteiger charge is 2.49. The first-order valence-electron chi connectivity index (χ1n) is 24.0. The number of halogens is 3. The second kappa shape index (κ2) is 19.6. The number of aromatic nitrogens is 3. The molecule has 3 fully saturated rings. The zero-order valence-electron chi connectivity index (χ0n) is 40.3. The number of methoxy groups -OCH3 is 1. The molecular weight excluding hydrogens is 876 g/mol. The molecule has 3 saturated heterocycles. The number of nitrogens with zero attached hydrogens (tertiary/aromatic N) is 6. The maximum absolute atomic E-state index is 14.4. The minimum atomic E-state index is -4.35. The Hall–Kier alpha value is -5.32. The number of nitrogens with one attached hydrogen (secondary N) is 1. The fraction of sp³-hybridized carbons (Fsp3) is 0.558. The van der Waals surface area contributed by atoms with Crippen molar-refractivity contribution in [1.29, 1.82) is 0 Å². The lowest BCUT2D eigenvalue weighted by molar-refractivity contribution is -0.217. The van der Waals surface area contributed by atoms with Gasteiger partial charge in [-0.15, -0.1) is 0 Å². The molecule has 4 aliphatic rings. The molecule has 366 valence electrons. The highest BCUT2D eigenvalue weighted by Crippen LogP contribution is 2.45. The van der Waals surface area contributed by atoms with E-state index < -0.39 is 29.2 Å². The van der Waals surface area contributed by atoms with Crippen LogP contribution in [-0.4, -0.2) is 118 Å². The highest BCUT2D eigenvalue weighted by molar-refractivity contribution is 6.00. The molecule has 16 heteroatoms. The van der Waals surface area contributed by atoms with Crippen molar-refractivity contribution < 1.29 is 37.0 Å². The Labute approximate surface area is 396 Å². The van der Waals surface area contributed by atoms with E-state index in [0.717, 1.165) is 74.2 Å². The van der Waals surface area contributed by atoms with Gasteiger partial charge in [-0.25, -0.2) is 9.78 Å². The highest BCUT2D eigenvalue weighted by atomic mass is 19.4. The average Bonchev–Trinajstić information content (AvgIpc) is 3.55. The summed E-state index contributed by atoms with van der Waals surface area (Å²) in [7, 11) is 3.24. The van der Waals surface area contributed by atoms with Crippen molar-refractivity contribution in [3.63, 3.8) is 0 Å². The molecule has 2 aromatic heterocycles. The summed E-state index contributed by atoms with van der Waals surface area (Å²) in [5.74, 6) is 0.147. The Morgan fingerprint density at radius 2 is 1.69 bits per heavy atom. The lowest BCUT2D eigenvalue weighted by Crippen LogP contribution is -2.50. The van der Waals surface area contributed by atoms with Crippen molar-refractivity contribution in [3.8, 4) is 5.75 Å². The number of carbonyl (C=O) groups excluding carboxylic acids is 3. The van der Waals surface area contributed by atoms with E-state index in [2.05, 4.69) is 71.5 Å². The van der Waals surface area contributed by atoms with Crippen LogP contribution >= 0.6 is 0 Å². The first kappa shape index (κ1) is 49.1. The molecule has 2 aromatic carbocycles. The van der Waals surface area contributed by atoms with Crippen molar-refractivity contribution in [3.05, 3.63) is 99.7 Å². The van der Waals surface area contributed by atoms with E-state index in [-0.39, 0.29) is 47.9 Å². The summed E-state index contributed by atoms with van der Waals surface area (Å²) in [4.78, 5) is 61.8. The number of imidazole rings is 1. The van der Waals surface area contributed by atoms with Crippen LogP contribution in [0.25, 0.3) is 16.6 Å². The largest absolute Gasteiger partial charge is 0.497 e. The third-order valence-corrected chi connectivity index (χ3v) is 15.0. The minimum absolute atomic E-state index is 0.115. The normalized spacial score (nSPS) is 22.9. The molecule has 0 spiro atoms. The Morgan fingerprint density at radius 3 is 2.32 bits per heavy atom. The van der Waals surface area contributed by atoms with Crippen LogP contribution in [0.4, 0.5) is 13.2 Å². The Kier molecular flexibility index (Phi) is 14.1. The van der Waals surface area contributed by atoms with Gasteiger partial charge in [-0.2, -0.15) is 13.2 Å². The molecule has 8 rings (SSSR count). The van der Waals surface area contributed by atoms with Crippen LogP contribution in [-0.2, 0) is 33.3 Å². The monoisotopic (exact) mass is 942 g/mol. The fourth-order valence-electron chi connectivity index (χ4n) is 10.9. The van der Waals surface area contributed by atoms with Crippen LogP contribution in [0, 0.1) is 11.3 Å². The Balaban J connectivity index is 0.860. The van der Waals surface area contributed by atoms with E-state index in [1.165, 1.54) is 34.8 Å². The number of alkyl halides is 3. The Morgan fingerprint density at radius 1 is 0.971 bits per heavy atom. The van der Waals surface area contributed by atoms with Crippen LogP contribution in [0.5, 0.6) is 5.75 Å². The number of hydrogen-bond donors (Lipinski definition) is 1. The van der Waals surface area contributed by atoms with Gasteiger partial charge in [0.1, 0.15) is 17.5 Å². The number of aryl methyl sites for hydroxylation is 1. The zero-order valence-corrected chi connectivity index (χ0v) is 40.3. The molecule has 68 heavy (non-hydrogen) atoms. The molecule has 3 atom stereocenters. The molecule has 0 radical (unpaired) electrons. The number of piperidine rings is 1. The number of piperazine rings is 1. The maximum Gasteiger partial charge on any atom is 0.395 e. The molecule has 2 unspecified atom stereocenters. The molecule has 5 heterocycles. The molecule has 3 amide bonds. The second-order valence-electron chi connectivity index (χ2n) is 20.8. The van der Waals surface area contributed by atoms with Crippen LogP contribution < -0.4 is 15.7 Å². The van der Waals surface area contributed by atoms with Crippen LogP contribution in [0.2, 0.25) is 0 Å². The fourth-order valence-corrected chi connectivity index (χ4v) is 10.9. The van der Waals surface area contributed by atoms with Gasteiger partial charge in [0, 0.05) is 71.3 Å². The summed E-state index contributed by atoms with van der Waals surface area (Å²) >= 11 is 0. The SMILES string of the molecule is COc1ccc([C@]2(CCN(Cc3ccc(C4=CCC(CN5CCN(C(=O)c6cc7c(cn6)n(C6CCC(=O)NC6=O)c(=O)n7C)CC5)CC4)cc3)CC(C)(C)C(F)(F)F)CCOC(C)(C)C2)cc1. The van der Waals surface area contributed by atoms with Gasteiger partial charge in [-0.05, 0) is 126 Å². The number of hydrogen-bond acceptors (Lipinski definition) is 9. The van der Waals surface area contributed by atoms with Gasteiger partial charge >= 0.3 is 11.9 Å². The van der Waals surface area contributed by atoms with Crippen molar-refractivity contribution >= 4 is 34.3 Å². The van der Waals surface area contributed by atoms with Gasteiger partial charge in [0.15, 0.2) is 0 Å². The van der Waals surface area contributed by atoms with Gasteiger partial charge < -0.3 is 14.4 Å². The minimum Gasteiger partial charge on any atom is -0.497 e. The number of ether oxygens (including phenoxy) is 2. The van der Waals surface area contributed by atoms with E-state index in [1.54, 1.807) is 25.1 Å². The smallest absolute Gasteiger partial charge is 0.395 e. The predicted octanol–water partition coefficient (Wildman–Crippen LogP) is 7.67. The average molecular weight is 942 g/mol. The summed E-state index contributed by atoms with van der Waals surface area (Å²) < 4.78 is 57.5. The van der Waals surface area contributed by atoms with E-state index in [9.17, 15) is 32.3 Å². The standard InChI is InChI=1S/C52H66F3N7O6/c1-49(2,52(53,54)55)34-60(23-21-51(22-28-68-50(3,4)33-51)39-15-17-40(67-6)18-16-39)32-36-9-13-38(14-10-36)37-11-7-35(8-12-37)31-59-24-26-61(27-25-59)47(65)41-29-43-44(30-56-41)62(48(66)58(43)5)42-19-20-45(63)57-46(42)64/h9-11,13-18,29-30,35,42H,7-8,12,19-28,31-34H2,1-6H3,(H,57,63,64)/t35?,42?,51-/m1/s1. The lowest BCUT2D eigenvalue weighted by Gasteiger charge is -2.46. The number of amides is 3. The lowest BCUT2D eigenvalue weighted by atomic mass is 9.67. The molecule has 1 aliphatic carbocycles. The molecular formula is C52H66F3N7O6. The topological polar surface area (TPSA) is 131 Å². The van der Waals surface area contributed by atoms with Crippen molar-refractivity contribution in [2.24, 2.45) is 18.4 Å².